The number of aromatic nitrogens is 4. The van der Waals surface area contributed by atoms with E-state index in [9.17, 15) is 4.21 Å². The second kappa shape index (κ2) is 23.7. The molecular weight excluding hydrogens is 705 g/mol. The van der Waals surface area contributed by atoms with Gasteiger partial charge in [0.1, 0.15) is 15.5 Å². The van der Waals surface area contributed by atoms with E-state index in [4.69, 9.17) is 51.7 Å². The Bertz CT molecular complexity index is 1430. The third-order valence-corrected chi connectivity index (χ3v) is 8.97. The quantitative estimate of drug-likeness (QED) is 0.0831. The first-order valence-electron chi connectivity index (χ1n) is 11.4. The molecule has 0 amide bonds. The van der Waals surface area contributed by atoms with E-state index in [1.54, 1.807) is 66.5 Å². The van der Waals surface area contributed by atoms with Gasteiger partial charge in [-0.05, 0) is 41.1 Å². The number of pyridine rings is 3. The van der Waals surface area contributed by atoms with Gasteiger partial charge in [0.15, 0.2) is 0 Å². The van der Waals surface area contributed by atoms with E-state index in [-0.39, 0.29) is 29.6 Å². The smallest absolute Gasteiger partial charge is 0.796 e. The van der Waals surface area contributed by atoms with Crippen LogP contribution < -0.4 is 29.6 Å². The van der Waals surface area contributed by atoms with E-state index in [2.05, 4.69) is 43.2 Å². The number of hydrogen-bond donors (Lipinski definition) is 0. The SMILES string of the molecule is CS(=O)(=NC#N)C(Cc1cscn1)c1ccc(Cl)nc1.CSCc1ccc(Cl)nc1.C[S-].ClCc1ccc(Cl)nc1.[Na+]. The number of alkyl halides is 1. The van der Waals surface area contributed by atoms with E-state index < -0.39 is 15.0 Å². The monoisotopic (exact) mass is 730 g/mol. The fraction of sp³-hybridized carbons (Fsp3) is 0.269. The number of thioether (sulfide) groups is 1. The van der Waals surface area contributed by atoms with Gasteiger partial charge in [-0.1, -0.05) is 53.0 Å². The second-order valence-electron chi connectivity index (χ2n) is 7.68. The van der Waals surface area contributed by atoms with E-state index in [1.807, 2.05) is 23.6 Å². The standard InChI is InChI=1S/C12H11ClN4OS2.C7H8ClNS.C6H5Cl2N.CH4S.Na/c1-20(18,17-7-14)11(4-10-6-19-8-16-10)9-2-3-12(13)15-5-9;1-10-5-6-2-3-7(8)9-4-6;7-3-5-1-2-6(8)9-4-5;1-2;/h2-3,5-6,8,11H,4H2,1H3;2-4H,5H2,1H3;1-2,4H,3H2;2H,1H3;/q;;;;+1/p-1. The Balaban J connectivity index is 0.000000642. The van der Waals surface area contributed by atoms with Crippen LogP contribution in [0.3, 0.4) is 0 Å². The molecule has 4 rings (SSSR count). The Morgan fingerprint density at radius 2 is 1.52 bits per heavy atom. The Hall–Kier alpha value is -0.620. The molecule has 0 saturated heterocycles. The van der Waals surface area contributed by atoms with Crippen molar-refractivity contribution in [2.45, 2.75) is 23.3 Å². The Kier molecular flexibility index (Phi) is 23.4. The molecule has 0 radical (unpaired) electrons. The van der Waals surface area contributed by atoms with Crippen molar-refractivity contribution in [3.05, 3.63) is 104 Å². The van der Waals surface area contributed by atoms with Crippen LogP contribution in [0.2, 0.25) is 15.5 Å². The summed E-state index contributed by atoms with van der Waals surface area (Å²) in [7, 11) is -2.72. The summed E-state index contributed by atoms with van der Waals surface area (Å²) in [4.78, 5) is 16.0. The summed E-state index contributed by atoms with van der Waals surface area (Å²) in [5, 5.41) is 11.6. The molecular formula is C26H27Cl4N6NaOS4. The minimum atomic E-state index is -2.72. The molecule has 42 heavy (non-hydrogen) atoms. The number of rotatable bonds is 7. The maximum atomic E-state index is 12.6. The third kappa shape index (κ3) is 16.5. The maximum absolute atomic E-state index is 12.6. The molecule has 4 aromatic heterocycles. The molecule has 0 bridgehead atoms. The number of halogens is 4. The van der Waals surface area contributed by atoms with Crippen molar-refractivity contribution in [1.82, 2.24) is 19.9 Å². The zero-order chi connectivity index (χ0) is 30.7. The molecule has 0 aliphatic rings. The van der Waals surface area contributed by atoms with Gasteiger partial charge in [-0.15, -0.1) is 27.3 Å². The first kappa shape index (κ1) is 41.4. The van der Waals surface area contributed by atoms with Gasteiger partial charge < -0.3 is 12.6 Å². The van der Waals surface area contributed by atoms with Crippen molar-refractivity contribution in [2.24, 2.45) is 4.36 Å². The van der Waals surface area contributed by atoms with E-state index in [0.717, 1.165) is 22.6 Å². The van der Waals surface area contributed by atoms with Crippen LogP contribution in [0, 0.1) is 11.5 Å². The van der Waals surface area contributed by atoms with Crippen molar-refractivity contribution in [3.63, 3.8) is 0 Å². The van der Waals surface area contributed by atoms with Crippen molar-refractivity contribution < 1.29 is 33.8 Å². The largest absolute Gasteiger partial charge is 1.00 e. The molecule has 16 heteroatoms. The summed E-state index contributed by atoms with van der Waals surface area (Å²) >= 11 is 29.7. The first-order chi connectivity index (χ1) is 19.7. The van der Waals surface area contributed by atoms with Crippen molar-refractivity contribution >= 4 is 91.9 Å². The fourth-order valence-electron chi connectivity index (χ4n) is 2.92. The molecule has 0 saturated carbocycles. The Labute approximate surface area is 304 Å². The van der Waals surface area contributed by atoms with Gasteiger partial charge in [0.05, 0.1) is 26.2 Å². The topological polar surface area (TPSA) is 105 Å². The van der Waals surface area contributed by atoms with Crippen LogP contribution in [0.25, 0.3) is 0 Å². The summed E-state index contributed by atoms with van der Waals surface area (Å²) in [6.07, 6.45) is 12.2. The van der Waals surface area contributed by atoms with Gasteiger partial charge in [0.25, 0.3) is 0 Å². The zero-order valence-electron chi connectivity index (χ0n) is 23.3. The van der Waals surface area contributed by atoms with Gasteiger partial charge in [0, 0.05) is 48.3 Å². The third-order valence-electron chi connectivity index (χ3n) is 4.79. The van der Waals surface area contributed by atoms with Crippen LogP contribution in [-0.4, -0.2) is 42.9 Å². The summed E-state index contributed by atoms with van der Waals surface area (Å²) in [6, 6.07) is 10.8. The molecule has 4 heterocycles. The van der Waals surface area contributed by atoms with E-state index in [0.29, 0.717) is 27.8 Å². The van der Waals surface area contributed by atoms with Gasteiger partial charge in [0.2, 0.25) is 6.19 Å². The van der Waals surface area contributed by atoms with Crippen molar-refractivity contribution in [3.8, 4) is 6.19 Å². The average Bonchev–Trinajstić information content (AvgIpc) is 3.49. The van der Waals surface area contributed by atoms with Crippen LogP contribution in [0.4, 0.5) is 0 Å². The predicted octanol–water partition coefficient (Wildman–Crippen LogP) is 5.29. The van der Waals surface area contributed by atoms with Crippen LogP contribution in [0.5, 0.6) is 0 Å². The molecule has 2 atom stereocenters. The minimum Gasteiger partial charge on any atom is -0.796 e. The number of hydrogen-bond acceptors (Lipinski definition) is 10. The molecule has 0 aliphatic heterocycles. The van der Waals surface area contributed by atoms with Crippen molar-refractivity contribution in [2.75, 3.05) is 18.8 Å². The van der Waals surface area contributed by atoms with Crippen molar-refractivity contribution in [1.29, 1.82) is 5.26 Å². The number of thiazole rings is 1. The molecule has 4 aromatic rings. The molecule has 0 fully saturated rings. The predicted molar refractivity (Wildman–Crippen MR) is 178 cm³/mol. The van der Waals surface area contributed by atoms with Crippen LogP contribution in [0.1, 0.15) is 27.6 Å². The molecule has 0 aliphatic carbocycles. The van der Waals surface area contributed by atoms with Gasteiger partial charge in [-0.3, -0.25) is 0 Å². The zero-order valence-corrected chi connectivity index (χ0v) is 31.6. The molecule has 7 nitrogen and oxygen atoms in total. The van der Waals surface area contributed by atoms with Crippen LogP contribution >= 0.6 is 69.5 Å². The summed E-state index contributed by atoms with van der Waals surface area (Å²) in [5.41, 5.74) is 5.47. The number of nitrogens with zero attached hydrogens (tertiary/aromatic N) is 6. The normalized spacial score (nSPS) is 11.7. The van der Waals surface area contributed by atoms with Crippen LogP contribution in [0.15, 0.2) is 70.2 Å². The van der Waals surface area contributed by atoms with E-state index >= 15 is 0 Å². The van der Waals surface area contributed by atoms with E-state index in [1.165, 1.54) is 23.2 Å². The molecule has 0 N–H and O–H groups in total. The van der Waals surface area contributed by atoms with Crippen LogP contribution in [-0.2, 0) is 40.4 Å². The molecule has 220 valence electrons. The Morgan fingerprint density at radius 1 is 0.976 bits per heavy atom. The Morgan fingerprint density at radius 3 is 1.93 bits per heavy atom. The minimum absolute atomic E-state index is 0. The van der Waals surface area contributed by atoms with Gasteiger partial charge >= 0.3 is 29.6 Å². The fourth-order valence-corrected chi connectivity index (χ4v) is 5.90. The second-order valence-corrected chi connectivity index (χ2v) is 13.2. The first-order valence-corrected chi connectivity index (χ1v) is 18.2. The van der Waals surface area contributed by atoms with Gasteiger partial charge in [-0.25, -0.2) is 24.1 Å². The summed E-state index contributed by atoms with van der Waals surface area (Å²) in [5.74, 6) is 1.49. The number of nitriles is 1. The molecule has 0 aromatic carbocycles. The summed E-state index contributed by atoms with van der Waals surface area (Å²) in [6.45, 7) is 0. The maximum Gasteiger partial charge on any atom is 1.00 e. The molecule has 0 spiro atoms. The average molecular weight is 733 g/mol. The molecule has 2 unspecified atom stereocenters. The summed E-state index contributed by atoms with van der Waals surface area (Å²) < 4.78 is 16.2. The van der Waals surface area contributed by atoms with Gasteiger partial charge in [-0.2, -0.15) is 23.3 Å².